The summed E-state index contributed by atoms with van der Waals surface area (Å²) >= 11 is 0. The monoisotopic (exact) mass is 358 g/mol. The zero-order valence-electron chi connectivity index (χ0n) is 14.8. The summed E-state index contributed by atoms with van der Waals surface area (Å²) in [6, 6.07) is 5.69. The highest BCUT2D eigenvalue weighted by molar-refractivity contribution is 5.69. The van der Waals surface area contributed by atoms with Crippen LogP contribution in [0.1, 0.15) is 29.2 Å². The van der Waals surface area contributed by atoms with Crippen LogP contribution in [0.4, 0.5) is 4.39 Å². The molecular formula is C18H19FN4O3. The minimum absolute atomic E-state index is 0.0749. The summed E-state index contributed by atoms with van der Waals surface area (Å²) in [6.45, 7) is 3.81. The molecule has 0 aliphatic heterocycles. The normalized spacial score (nSPS) is 10.9. The molecule has 7 nitrogen and oxygen atoms in total. The van der Waals surface area contributed by atoms with Crippen LogP contribution in [-0.2, 0) is 29.6 Å². The molecule has 0 atom stereocenters. The van der Waals surface area contributed by atoms with Gasteiger partial charge in [-0.15, -0.1) is 0 Å². The van der Waals surface area contributed by atoms with Crippen LogP contribution in [0.5, 0.6) is 0 Å². The van der Waals surface area contributed by atoms with Gasteiger partial charge in [-0.05, 0) is 50.1 Å². The first-order valence-corrected chi connectivity index (χ1v) is 8.17. The molecule has 0 saturated heterocycles. The van der Waals surface area contributed by atoms with Crippen molar-refractivity contribution in [2.24, 2.45) is 7.05 Å². The van der Waals surface area contributed by atoms with Gasteiger partial charge in [-0.25, -0.2) is 4.39 Å². The second-order valence-corrected chi connectivity index (χ2v) is 5.96. The fourth-order valence-corrected chi connectivity index (χ4v) is 2.65. The largest absolute Gasteiger partial charge is 0.457 e. The highest BCUT2D eigenvalue weighted by Gasteiger charge is 2.14. The number of rotatable bonds is 6. The molecule has 2 heterocycles. The zero-order chi connectivity index (χ0) is 18.7. The van der Waals surface area contributed by atoms with Gasteiger partial charge in [0.25, 0.3) is 5.89 Å². The number of benzene rings is 1. The molecule has 136 valence electrons. The standard InChI is InChI=1S/C18H19FN4O3/c1-11-15(12(2)23(3)21-11)8-9-17(24)25-10-16-20-18(26-22-16)13-4-6-14(19)7-5-13/h4-7H,8-10H2,1-3H3. The van der Waals surface area contributed by atoms with Crippen molar-refractivity contribution >= 4 is 5.97 Å². The van der Waals surface area contributed by atoms with Crippen LogP contribution < -0.4 is 0 Å². The average Bonchev–Trinajstić information content (AvgIpc) is 3.18. The second kappa shape index (κ2) is 7.47. The molecule has 26 heavy (non-hydrogen) atoms. The Kier molecular flexibility index (Phi) is 5.11. The molecule has 3 rings (SSSR count). The van der Waals surface area contributed by atoms with Crippen molar-refractivity contribution in [3.8, 4) is 11.5 Å². The summed E-state index contributed by atoms with van der Waals surface area (Å²) in [5.74, 6) is -0.189. The number of aromatic nitrogens is 4. The first kappa shape index (κ1) is 17.8. The summed E-state index contributed by atoms with van der Waals surface area (Å²) in [5, 5.41) is 8.09. The minimum atomic E-state index is -0.346. The fourth-order valence-electron chi connectivity index (χ4n) is 2.65. The lowest BCUT2D eigenvalue weighted by atomic mass is 10.1. The van der Waals surface area contributed by atoms with Crippen LogP contribution in [0.2, 0.25) is 0 Å². The molecule has 0 N–H and O–H groups in total. The number of hydrogen-bond acceptors (Lipinski definition) is 6. The van der Waals surface area contributed by atoms with Gasteiger partial charge in [-0.2, -0.15) is 10.1 Å². The van der Waals surface area contributed by atoms with Crippen LogP contribution in [0.25, 0.3) is 11.5 Å². The molecule has 0 amide bonds. The first-order valence-electron chi connectivity index (χ1n) is 8.17. The molecule has 3 aromatic rings. The van der Waals surface area contributed by atoms with Gasteiger partial charge in [0.05, 0.1) is 5.69 Å². The van der Waals surface area contributed by atoms with E-state index in [-0.39, 0.29) is 36.5 Å². The van der Waals surface area contributed by atoms with Gasteiger partial charge in [-0.1, -0.05) is 5.16 Å². The van der Waals surface area contributed by atoms with Crippen LogP contribution in [0, 0.1) is 19.7 Å². The van der Waals surface area contributed by atoms with E-state index in [9.17, 15) is 9.18 Å². The van der Waals surface area contributed by atoms with E-state index in [2.05, 4.69) is 15.2 Å². The molecule has 0 aliphatic carbocycles. The molecule has 0 saturated carbocycles. The average molecular weight is 358 g/mol. The van der Waals surface area contributed by atoms with Crippen molar-refractivity contribution in [3.05, 3.63) is 52.9 Å². The third kappa shape index (κ3) is 3.96. The summed E-state index contributed by atoms with van der Waals surface area (Å²) < 4.78 is 25.0. The van der Waals surface area contributed by atoms with Crippen molar-refractivity contribution in [3.63, 3.8) is 0 Å². The Morgan fingerprint density at radius 3 is 2.65 bits per heavy atom. The Bertz CT molecular complexity index is 915. The molecule has 0 unspecified atom stereocenters. The van der Waals surface area contributed by atoms with Crippen LogP contribution in [0.3, 0.4) is 0 Å². The quantitative estimate of drug-likeness (QED) is 0.630. The smallest absolute Gasteiger partial charge is 0.306 e. The number of nitrogens with zero attached hydrogens (tertiary/aromatic N) is 4. The maximum Gasteiger partial charge on any atom is 0.306 e. The number of ether oxygens (including phenoxy) is 1. The summed E-state index contributed by atoms with van der Waals surface area (Å²) in [5.41, 5.74) is 3.61. The Labute approximate surface area is 149 Å². The Morgan fingerprint density at radius 1 is 1.27 bits per heavy atom. The summed E-state index contributed by atoms with van der Waals surface area (Å²) in [6.07, 6.45) is 0.813. The lowest BCUT2D eigenvalue weighted by Crippen LogP contribution is -2.07. The van der Waals surface area contributed by atoms with E-state index in [1.807, 2.05) is 20.9 Å². The van der Waals surface area contributed by atoms with E-state index >= 15 is 0 Å². The second-order valence-electron chi connectivity index (χ2n) is 5.96. The molecule has 0 radical (unpaired) electrons. The molecule has 0 bridgehead atoms. The SMILES string of the molecule is Cc1nn(C)c(C)c1CCC(=O)OCc1noc(-c2ccc(F)cc2)n1. The number of halogens is 1. The lowest BCUT2D eigenvalue weighted by molar-refractivity contribution is -0.145. The van der Waals surface area contributed by atoms with Crippen molar-refractivity contribution in [2.75, 3.05) is 0 Å². The molecule has 0 aliphatic rings. The third-order valence-electron chi connectivity index (χ3n) is 4.16. The van der Waals surface area contributed by atoms with Crippen LogP contribution >= 0.6 is 0 Å². The van der Waals surface area contributed by atoms with Crippen molar-refractivity contribution in [1.82, 2.24) is 19.9 Å². The van der Waals surface area contributed by atoms with Crippen molar-refractivity contribution in [1.29, 1.82) is 0 Å². The number of carbonyl (C=O) groups excluding carboxylic acids is 1. The van der Waals surface area contributed by atoms with Crippen LogP contribution in [-0.4, -0.2) is 25.9 Å². The Hall–Kier alpha value is -3.03. The van der Waals surface area contributed by atoms with E-state index in [1.54, 1.807) is 4.68 Å². The Balaban J connectivity index is 1.52. The van der Waals surface area contributed by atoms with Gasteiger partial charge in [0, 0.05) is 24.7 Å². The van der Waals surface area contributed by atoms with Gasteiger partial charge >= 0.3 is 5.97 Å². The van der Waals surface area contributed by atoms with Crippen LogP contribution in [0.15, 0.2) is 28.8 Å². The predicted octanol–water partition coefficient (Wildman–Crippen LogP) is 2.90. The molecule has 0 fully saturated rings. The van der Waals surface area contributed by atoms with E-state index in [0.717, 1.165) is 17.0 Å². The van der Waals surface area contributed by atoms with Gasteiger partial charge in [0.1, 0.15) is 5.82 Å². The zero-order valence-corrected chi connectivity index (χ0v) is 14.8. The highest BCUT2D eigenvalue weighted by Crippen LogP contribution is 2.18. The molecule has 1 aromatic carbocycles. The number of aryl methyl sites for hydroxylation is 2. The third-order valence-corrected chi connectivity index (χ3v) is 4.16. The first-order chi connectivity index (χ1) is 12.4. The van der Waals surface area contributed by atoms with Gasteiger partial charge in [0.2, 0.25) is 5.82 Å². The van der Waals surface area contributed by atoms with Gasteiger partial charge in [0.15, 0.2) is 6.61 Å². The molecule has 8 heteroatoms. The summed E-state index contributed by atoms with van der Waals surface area (Å²) in [4.78, 5) is 16.1. The van der Waals surface area contributed by atoms with Gasteiger partial charge < -0.3 is 9.26 Å². The van der Waals surface area contributed by atoms with E-state index < -0.39 is 0 Å². The van der Waals surface area contributed by atoms with Crippen molar-refractivity contribution < 1.29 is 18.4 Å². The molecular weight excluding hydrogens is 339 g/mol. The molecule has 2 aromatic heterocycles. The number of esters is 1. The molecule has 0 spiro atoms. The maximum atomic E-state index is 12.9. The van der Waals surface area contributed by atoms with E-state index in [4.69, 9.17) is 9.26 Å². The van der Waals surface area contributed by atoms with Gasteiger partial charge in [-0.3, -0.25) is 9.48 Å². The fraction of sp³-hybridized carbons (Fsp3) is 0.333. The Morgan fingerprint density at radius 2 is 2.00 bits per heavy atom. The van der Waals surface area contributed by atoms with E-state index in [1.165, 1.54) is 24.3 Å². The summed E-state index contributed by atoms with van der Waals surface area (Å²) in [7, 11) is 1.87. The maximum absolute atomic E-state index is 12.9. The van der Waals surface area contributed by atoms with E-state index in [0.29, 0.717) is 12.0 Å². The number of hydrogen-bond donors (Lipinski definition) is 0. The lowest BCUT2D eigenvalue weighted by Gasteiger charge is -2.03. The topological polar surface area (TPSA) is 83.0 Å². The minimum Gasteiger partial charge on any atom is -0.457 e. The van der Waals surface area contributed by atoms with Crippen molar-refractivity contribution in [2.45, 2.75) is 33.3 Å². The highest BCUT2D eigenvalue weighted by atomic mass is 19.1. The predicted molar refractivity (Wildman–Crippen MR) is 90.5 cm³/mol. The number of carbonyl (C=O) groups is 1.